The van der Waals surface area contributed by atoms with Crippen LogP contribution in [-0.2, 0) is 22.6 Å². The van der Waals surface area contributed by atoms with Gasteiger partial charge in [-0.2, -0.15) is 0 Å². The molecule has 3 aromatic carbocycles. The quantitative estimate of drug-likeness (QED) is 0.265. The van der Waals surface area contributed by atoms with E-state index in [2.05, 4.69) is 21.2 Å². The number of nitrogens with zero attached hydrogens (tertiary/aromatic N) is 1. The van der Waals surface area contributed by atoms with E-state index in [0.29, 0.717) is 27.4 Å². The molecular formula is C31H34BrClN2O4. The Hall–Kier alpha value is -3.03. The summed E-state index contributed by atoms with van der Waals surface area (Å²) in [7, 11) is 1.61. The molecule has 8 heteroatoms. The number of methoxy groups -OCH3 is 1. The van der Waals surface area contributed by atoms with Crippen LogP contribution in [0.1, 0.15) is 43.2 Å². The third-order valence-corrected chi connectivity index (χ3v) is 7.81. The minimum absolute atomic E-state index is 0.125. The van der Waals surface area contributed by atoms with Gasteiger partial charge < -0.3 is 19.7 Å². The topological polar surface area (TPSA) is 67.9 Å². The summed E-state index contributed by atoms with van der Waals surface area (Å²) in [5.74, 6) is 0.752. The van der Waals surface area contributed by atoms with Crippen molar-refractivity contribution in [1.82, 2.24) is 10.2 Å². The predicted octanol–water partition coefficient (Wildman–Crippen LogP) is 6.58. The van der Waals surface area contributed by atoms with Crippen LogP contribution in [0.2, 0.25) is 5.02 Å². The van der Waals surface area contributed by atoms with Gasteiger partial charge in [0.05, 0.1) is 11.6 Å². The Balaban J connectivity index is 1.63. The largest absolute Gasteiger partial charge is 0.497 e. The van der Waals surface area contributed by atoms with Crippen molar-refractivity contribution >= 4 is 39.3 Å². The third-order valence-electron chi connectivity index (χ3n) is 6.95. The summed E-state index contributed by atoms with van der Waals surface area (Å²) >= 11 is 9.51. The summed E-state index contributed by atoms with van der Waals surface area (Å²) in [6, 6.07) is 21.9. The van der Waals surface area contributed by atoms with Crippen molar-refractivity contribution in [1.29, 1.82) is 0 Å². The molecule has 3 aromatic rings. The lowest BCUT2D eigenvalue weighted by Gasteiger charge is -2.33. The summed E-state index contributed by atoms with van der Waals surface area (Å²) in [5.41, 5.74) is 1.84. The molecular weight excluding hydrogens is 580 g/mol. The second-order valence-corrected chi connectivity index (χ2v) is 11.1. The molecule has 0 bridgehead atoms. The number of nitrogens with one attached hydrogen (secondary N) is 1. The van der Waals surface area contributed by atoms with E-state index in [1.807, 2.05) is 54.6 Å². The van der Waals surface area contributed by atoms with Gasteiger partial charge in [-0.15, -0.1) is 0 Å². The Labute approximate surface area is 243 Å². The van der Waals surface area contributed by atoms with Crippen molar-refractivity contribution < 1.29 is 19.1 Å². The van der Waals surface area contributed by atoms with Crippen molar-refractivity contribution in [3.63, 3.8) is 0 Å². The van der Waals surface area contributed by atoms with Crippen LogP contribution in [0.5, 0.6) is 11.5 Å². The van der Waals surface area contributed by atoms with Crippen LogP contribution in [0.3, 0.4) is 0 Å². The van der Waals surface area contributed by atoms with Crippen molar-refractivity contribution in [2.75, 3.05) is 13.7 Å². The molecule has 1 aliphatic carbocycles. The highest BCUT2D eigenvalue weighted by Crippen LogP contribution is 2.28. The number of hydrogen-bond donors (Lipinski definition) is 1. The van der Waals surface area contributed by atoms with Gasteiger partial charge in [0, 0.05) is 24.0 Å². The second-order valence-electron chi connectivity index (χ2n) is 9.79. The van der Waals surface area contributed by atoms with Crippen LogP contribution in [0.15, 0.2) is 77.3 Å². The molecule has 1 saturated carbocycles. The maximum absolute atomic E-state index is 13.8. The number of carbonyl (C=O) groups excluding carboxylic acids is 2. The Morgan fingerprint density at radius 2 is 1.74 bits per heavy atom. The molecule has 0 saturated heterocycles. The molecule has 206 valence electrons. The van der Waals surface area contributed by atoms with Crippen LogP contribution in [0, 0.1) is 0 Å². The molecule has 4 rings (SSSR count). The maximum atomic E-state index is 13.8. The number of benzene rings is 3. The zero-order valence-corrected chi connectivity index (χ0v) is 24.4. The van der Waals surface area contributed by atoms with E-state index in [1.54, 1.807) is 30.2 Å². The molecule has 0 aliphatic heterocycles. The Morgan fingerprint density at radius 1 is 1.00 bits per heavy atom. The van der Waals surface area contributed by atoms with Crippen LogP contribution in [-0.4, -0.2) is 42.5 Å². The van der Waals surface area contributed by atoms with E-state index in [0.717, 1.165) is 36.8 Å². The number of ether oxygens (including phenoxy) is 2. The van der Waals surface area contributed by atoms with Gasteiger partial charge in [-0.1, -0.05) is 73.3 Å². The fourth-order valence-electron chi connectivity index (χ4n) is 4.88. The summed E-state index contributed by atoms with van der Waals surface area (Å²) in [4.78, 5) is 29.3. The molecule has 0 radical (unpaired) electrons. The molecule has 1 unspecified atom stereocenters. The van der Waals surface area contributed by atoms with Gasteiger partial charge in [-0.05, 0) is 70.2 Å². The number of rotatable bonds is 11. The highest BCUT2D eigenvalue weighted by atomic mass is 79.9. The smallest absolute Gasteiger partial charge is 0.261 e. The van der Waals surface area contributed by atoms with E-state index in [4.69, 9.17) is 21.1 Å². The van der Waals surface area contributed by atoms with Gasteiger partial charge in [-0.25, -0.2) is 0 Å². The van der Waals surface area contributed by atoms with E-state index >= 15 is 0 Å². The fourth-order valence-corrected chi connectivity index (χ4v) is 5.68. The molecule has 2 amide bonds. The molecule has 39 heavy (non-hydrogen) atoms. The standard InChI is InChI=1S/C31H34BrClN2O4/c1-38-26-14-8-11-23(17-26)20-35(30(36)21-39-29-16-15-24(33)19-27(29)32)28(18-22-9-4-2-5-10-22)31(37)34-25-12-6-3-7-13-25/h2,4-5,8-11,14-17,19,25,28H,3,6-7,12-13,18,20-21H2,1H3,(H,34,37). The zero-order chi connectivity index (χ0) is 27.6. The minimum Gasteiger partial charge on any atom is -0.497 e. The normalized spacial score (nSPS) is 14.3. The number of hydrogen-bond acceptors (Lipinski definition) is 4. The minimum atomic E-state index is -0.717. The van der Waals surface area contributed by atoms with Gasteiger partial charge in [0.1, 0.15) is 17.5 Å². The van der Waals surface area contributed by atoms with Gasteiger partial charge in [0.15, 0.2) is 6.61 Å². The van der Waals surface area contributed by atoms with E-state index < -0.39 is 6.04 Å². The highest BCUT2D eigenvalue weighted by molar-refractivity contribution is 9.10. The molecule has 6 nitrogen and oxygen atoms in total. The Bertz CT molecular complexity index is 1250. The average Bonchev–Trinajstić information content (AvgIpc) is 2.95. The first-order valence-electron chi connectivity index (χ1n) is 13.3. The lowest BCUT2D eigenvalue weighted by molar-refractivity contribution is -0.143. The summed E-state index contributed by atoms with van der Waals surface area (Å²) in [5, 5.41) is 3.81. The number of halogens is 2. The Kier molecular flexibility index (Phi) is 10.7. The van der Waals surface area contributed by atoms with Crippen molar-refractivity contribution in [3.8, 4) is 11.5 Å². The molecule has 0 spiro atoms. The number of carbonyl (C=O) groups is 2. The molecule has 1 atom stereocenters. The average molecular weight is 614 g/mol. The van der Waals surface area contributed by atoms with Crippen molar-refractivity contribution in [2.24, 2.45) is 0 Å². The summed E-state index contributed by atoms with van der Waals surface area (Å²) < 4.78 is 12.0. The van der Waals surface area contributed by atoms with Crippen LogP contribution >= 0.6 is 27.5 Å². The van der Waals surface area contributed by atoms with Crippen LogP contribution < -0.4 is 14.8 Å². The molecule has 1 fully saturated rings. The van der Waals surface area contributed by atoms with Gasteiger partial charge in [0.25, 0.3) is 5.91 Å². The third kappa shape index (κ3) is 8.48. The molecule has 0 aromatic heterocycles. The molecule has 0 heterocycles. The first-order valence-corrected chi connectivity index (χ1v) is 14.4. The zero-order valence-electron chi connectivity index (χ0n) is 22.1. The second kappa shape index (κ2) is 14.4. The van der Waals surface area contributed by atoms with Crippen molar-refractivity contribution in [3.05, 3.63) is 93.4 Å². The fraction of sp³-hybridized carbons (Fsp3) is 0.355. The lowest BCUT2D eigenvalue weighted by Crippen LogP contribution is -2.53. The monoisotopic (exact) mass is 612 g/mol. The van der Waals surface area contributed by atoms with Gasteiger partial charge in [-0.3, -0.25) is 9.59 Å². The van der Waals surface area contributed by atoms with E-state index in [9.17, 15) is 9.59 Å². The van der Waals surface area contributed by atoms with E-state index in [-0.39, 0.29) is 31.0 Å². The SMILES string of the molecule is COc1cccc(CN(C(=O)COc2ccc(Cl)cc2Br)C(Cc2ccccc2)C(=O)NC2CCCCC2)c1. The van der Waals surface area contributed by atoms with Crippen LogP contribution in [0.4, 0.5) is 0 Å². The van der Waals surface area contributed by atoms with E-state index in [1.165, 1.54) is 6.42 Å². The number of amides is 2. The summed E-state index contributed by atoms with van der Waals surface area (Å²) in [6.07, 6.45) is 5.70. The van der Waals surface area contributed by atoms with Crippen molar-refractivity contribution in [2.45, 2.75) is 57.2 Å². The first kappa shape index (κ1) is 29.0. The van der Waals surface area contributed by atoms with Crippen LogP contribution in [0.25, 0.3) is 0 Å². The molecule has 1 aliphatic rings. The maximum Gasteiger partial charge on any atom is 0.261 e. The molecule has 1 N–H and O–H groups in total. The first-order chi connectivity index (χ1) is 18.9. The lowest BCUT2D eigenvalue weighted by atomic mass is 9.94. The highest BCUT2D eigenvalue weighted by Gasteiger charge is 2.32. The Morgan fingerprint density at radius 3 is 2.46 bits per heavy atom. The predicted molar refractivity (Wildman–Crippen MR) is 157 cm³/mol. The van der Waals surface area contributed by atoms with Gasteiger partial charge >= 0.3 is 0 Å². The van der Waals surface area contributed by atoms with Gasteiger partial charge in [0.2, 0.25) is 5.91 Å². The summed E-state index contributed by atoms with van der Waals surface area (Å²) in [6.45, 7) is 0.00294.